The molecule has 3 atom stereocenters. The fourth-order valence-corrected chi connectivity index (χ4v) is 6.71. The molecule has 1 heterocycles. The highest BCUT2D eigenvalue weighted by atomic mass is 32.2. The number of carbonyl (C=O) groups is 3. The normalized spacial score (nSPS) is 19.2. The Labute approximate surface area is 272 Å². The molecule has 0 spiro atoms. The van der Waals surface area contributed by atoms with Crippen LogP contribution in [0.25, 0.3) is 0 Å². The molecule has 1 aliphatic rings. The Bertz CT molecular complexity index is 1410. The maximum atomic E-state index is 13.8. The third kappa shape index (κ3) is 12.7. The van der Waals surface area contributed by atoms with E-state index in [0.717, 1.165) is 53.5 Å². The molecule has 0 bridgehead atoms. The summed E-state index contributed by atoms with van der Waals surface area (Å²) in [4.78, 5) is 45.2. The number of sulfone groups is 1. The van der Waals surface area contributed by atoms with Gasteiger partial charge in [0.2, 0.25) is 11.8 Å². The number of aryl methyl sites for hydroxylation is 1. The van der Waals surface area contributed by atoms with Gasteiger partial charge in [-0.05, 0) is 55.1 Å². The molecule has 12 heteroatoms. The number of hydrogen-bond donors (Lipinski definition) is 4. The summed E-state index contributed by atoms with van der Waals surface area (Å²) in [5.41, 5.74) is 7.57. The lowest BCUT2D eigenvalue weighted by atomic mass is 9.80. The van der Waals surface area contributed by atoms with E-state index in [2.05, 4.69) is 27.9 Å². The van der Waals surface area contributed by atoms with Crippen LogP contribution < -0.4 is 21.7 Å². The number of nitrogens with one attached hydrogen (secondary N) is 3. The van der Waals surface area contributed by atoms with Crippen LogP contribution in [0.4, 0.5) is 0 Å². The van der Waals surface area contributed by atoms with Gasteiger partial charge in [-0.1, -0.05) is 76.8 Å². The number of carbonyl (C=O) groups excluding carboxylic acids is 3. The predicted octanol–water partition coefficient (Wildman–Crippen LogP) is 4.04. The van der Waals surface area contributed by atoms with Crippen LogP contribution in [-0.2, 0) is 32.4 Å². The molecule has 2 aromatic rings. The standard InChI is InChI=1S/C33H49N5O5S2/c1-21(2)16-28(31(39)36-27(14-15-45(5,42)43)17-24-10-12-26(19-34)13-11-24)37-32(40)29(18-25-8-6-22(3)7-9-25)38-33(41)30-20-35-23(4)44-30/h10-15,20-22,25,27-29H,6-9,16-19,34H2,1-5H3,(H,36,39)(H,37,40)(H,38,41)/b15-14+/t22?,25?,27-,28+,29+/m1/s1. The van der Waals surface area contributed by atoms with Gasteiger partial charge >= 0.3 is 0 Å². The van der Waals surface area contributed by atoms with Gasteiger partial charge in [0.1, 0.15) is 17.0 Å². The maximum absolute atomic E-state index is 13.8. The van der Waals surface area contributed by atoms with Crippen molar-refractivity contribution in [3.05, 3.63) is 63.0 Å². The largest absolute Gasteiger partial charge is 0.348 e. The van der Waals surface area contributed by atoms with Gasteiger partial charge in [-0.25, -0.2) is 13.4 Å². The lowest BCUT2D eigenvalue weighted by Crippen LogP contribution is -2.55. The molecule has 10 nitrogen and oxygen atoms in total. The zero-order chi connectivity index (χ0) is 33.1. The molecule has 3 rings (SSSR count). The molecular weight excluding hydrogens is 611 g/mol. The van der Waals surface area contributed by atoms with Crippen LogP contribution in [0.5, 0.6) is 0 Å². The van der Waals surface area contributed by atoms with E-state index >= 15 is 0 Å². The number of nitrogens with two attached hydrogens (primary N) is 1. The van der Waals surface area contributed by atoms with Crippen molar-refractivity contribution in [1.82, 2.24) is 20.9 Å². The average molecular weight is 660 g/mol. The number of nitrogens with zero attached hydrogens (tertiary/aromatic N) is 1. The molecular formula is C33H49N5O5S2. The molecule has 248 valence electrons. The van der Waals surface area contributed by atoms with Crippen LogP contribution in [0.15, 0.2) is 41.9 Å². The highest BCUT2D eigenvalue weighted by molar-refractivity contribution is 7.93. The minimum Gasteiger partial charge on any atom is -0.348 e. The van der Waals surface area contributed by atoms with Crippen LogP contribution in [0.2, 0.25) is 0 Å². The molecule has 1 fully saturated rings. The van der Waals surface area contributed by atoms with E-state index in [1.807, 2.05) is 45.0 Å². The summed E-state index contributed by atoms with van der Waals surface area (Å²) >= 11 is 1.26. The Morgan fingerprint density at radius 3 is 2.18 bits per heavy atom. The smallest absolute Gasteiger partial charge is 0.263 e. The van der Waals surface area contributed by atoms with Gasteiger partial charge in [0.15, 0.2) is 9.84 Å². The summed E-state index contributed by atoms with van der Waals surface area (Å²) in [6.45, 7) is 8.37. The number of hydrogen-bond acceptors (Lipinski definition) is 8. The fraction of sp³-hybridized carbons (Fsp3) is 0.576. The van der Waals surface area contributed by atoms with Gasteiger partial charge in [-0.2, -0.15) is 0 Å². The van der Waals surface area contributed by atoms with Gasteiger partial charge in [-0.15, -0.1) is 11.3 Å². The highest BCUT2D eigenvalue weighted by Crippen LogP contribution is 2.31. The minimum atomic E-state index is -3.44. The van der Waals surface area contributed by atoms with E-state index in [4.69, 9.17) is 5.73 Å². The minimum absolute atomic E-state index is 0.0721. The summed E-state index contributed by atoms with van der Waals surface area (Å²) in [6.07, 6.45) is 9.38. The molecule has 1 aromatic heterocycles. The number of aromatic nitrogens is 1. The third-order valence-corrected chi connectivity index (χ3v) is 9.67. The first-order valence-electron chi connectivity index (χ1n) is 15.7. The zero-order valence-corrected chi connectivity index (χ0v) is 28.7. The van der Waals surface area contributed by atoms with Crippen molar-refractivity contribution in [2.24, 2.45) is 23.5 Å². The van der Waals surface area contributed by atoms with Crippen molar-refractivity contribution in [2.75, 3.05) is 6.26 Å². The van der Waals surface area contributed by atoms with Crippen molar-refractivity contribution in [3.63, 3.8) is 0 Å². The quantitative estimate of drug-likeness (QED) is 0.225. The number of thiazole rings is 1. The van der Waals surface area contributed by atoms with E-state index in [0.29, 0.717) is 36.6 Å². The molecule has 0 saturated heterocycles. The average Bonchev–Trinajstić information content (AvgIpc) is 3.42. The first kappa shape index (κ1) is 36.4. The van der Waals surface area contributed by atoms with Gasteiger partial charge in [0.25, 0.3) is 5.91 Å². The van der Waals surface area contributed by atoms with E-state index in [1.54, 1.807) is 0 Å². The number of benzene rings is 1. The SMILES string of the molecule is Cc1ncc(C(=O)N[C@@H](CC2CCC(C)CC2)C(=O)N[C@@H](CC(C)C)C(=O)N[C@H](/C=C/S(C)(=O)=O)Cc2ccc(CN)cc2)s1. The molecule has 1 saturated carbocycles. The predicted molar refractivity (Wildman–Crippen MR) is 179 cm³/mol. The summed E-state index contributed by atoms with van der Waals surface area (Å²) in [5, 5.41) is 10.6. The van der Waals surface area contributed by atoms with Crippen molar-refractivity contribution >= 4 is 38.9 Å². The first-order valence-corrected chi connectivity index (χ1v) is 18.5. The van der Waals surface area contributed by atoms with Crippen LogP contribution in [0.1, 0.15) is 85.1 Å². The van der Waals surface area contributed by atoms with Crippen molar-refractivity contribution in [3.8, 4) is 0 Å². The highest BCUT2D eigenvalue weighted by Gasteiger charge is 2.31. The fourth-order valence-electron chi connectivity index (χ4n) is 5.55. The molecule has 0 unspecified atom stereocenters. The second kappa shape index (κ2) is 17.0. The lowest BCUT2D eigenvalue weighted by molar-refractivity contribution is -0.130. The van der Waals surface area contributed by atoms with Gasteiger partial charge in [0.05, 0.1) is 17.2 Å². The first-order chi connectivity index (χ1) is 21.2. The Morgan fingerprint density at radius 2 is 1.62 bits per heavy atom. The molecule has 0 radical (unpaired) electrons. The molecule has 0 aliphatic heterocycles. The number of amides is 3. The van der Waals surface area contributed by atoms with Crippen LogP contribution >= 0.6 is 11.3 Å². The molecule has 1 aromatic carbocycles. The summed E-state index contributed by atoms with van der Waals surface area (Å²) in [7, 11) is -3.44. The van der Waals surface area contributed by atoms with Gasteiger partial charge in [-0.3, -0.25) is 14.4 Å². The Hall–Kier alpha value is -3.09. The Morgan fingerprint density at radius 1 is 1.00 bits per heavy atom. The van der Waals surface area contributed by atoms with Crippen molar-refractivity contribution < 1.29 is 22.8 Å². The molecule has 45 heavy (non-hydrogen) atoms. The second-order valence-electron chi connectivity index (χ2n) is 12.8. The second-order valence-corrected chi connectivity index (χ2v) is 16.0. The van der Waals surface area contributed by atoms with E-state index < -0.39 is 39.8 Å². The molecule has 5 N–H and O–H groups in total. The Balaban J connectivity index is 1.80. The maximum Gasteiger partial charge on any atom is 0.263 e. The van der Waals surface area contributed by atoms with Gasteiger partial charge < -0.3 is 21.7 Å². The molecule has 3 amide bonds. The van der Waals surface area contributed by atoms with Crippen molar-refractivity contribution in [1.29, 1.82) is 0 Å². The topological polar surface area (TPSA) is 160 Å². The summed E-state index contributed by atoms with van der Waals surface area (Å²) in [5.74, 6) is -0.193. The summed E-state index contributed by atoms with van der Waals surface area (Å²) in [6, 6.07) is 5.23. The summed E-state index contributed by atoms with van der Waals surface area (Å²) < 4.78 is 23.8. The Kier molecular flexibility index (Phi) is 13.7. The van der Waals surface area contributed by atoms with Crippen molar-refractivity contribution in [2.45, 2.75) is 97.3 Å². The van der Waals surface area contributed by atoms with Gasteiger partial charge in [0, 0.05) is 18.2 Å². The molecule has 1 aliphatic carbocycles. The lowest BCUT2D eigenvalue weighted by Gasteiger charge is -2.30. The monoisotopic (exact) mass is 659 g/mol. The number of rotatable bonds is 15. The van der Waals surface area contributed by atoms with Crippen LogP contribution in [-0.4, -0.2) is 55.5 Å². The van der Waals surface area contributed by atoms with E-state index in [-0.39, 0.29) is 17.7 Å². The van der Waals surface area contributed by atoms with E-state index in [1.165, 1.54) is 23.6 Å². The van der Waals surface area contributed by atoms with Crippen LogP contribution in [0, 0.1) is 24.7 Å². The zero-order valence-electron chi connectivity index (χ0n) is 27.0. The third-order valence-electron chi connectivity index (χ3n) is 8.11. The van der Waals surface area contributed by atoms with E-state index in [9.17, 15) is 22.8 Å². The van der Waals surface area contributed by atoms with Crippen LogP contribution in [0.3, 0.4) is 0 Å².